The van der Waals surface area contributed by atoms with Gasteiger partial charge in [-0.05, 0) is 26.0 Å². The maximum atomic E-state index is 11.1. The molecule has 1 atom stereocenters. The molecule has 90 valence electrons. The average molecular weight is 234 g/mol. The number of benzene rings is 1. The van der Waals surface area contributed by atoms with Crippen molar-refractivity contribution in [3.63, 3.8) is 0 Å². The smallest absolute Gasteiger partial charge is 0.315 e. The molecular formula is C12H14N2O3. The lowest BCUT2D eigenvalue weighted by Gasteiger charge is -2.06. The zero-order valence-corrected chi connectivity index (χ0v) is 9.79. The van der Waals surface area contributed by atoms with E-state index in [1.165, 1.54) is 6.92 Å². The first-order valence-electron chi connectivity index (χ1n) is 5.23. The second kappa shape index (κ2) is 6.52. The zero-order valence-electron chi connectivity index (χ0n) is 9.79. The van der Waals surface area contributed by atoms with E-state index < -0.39 is 12.2 Å². The van der Waals surface area contributed by atoms with Crippen LogP contribution in [0.2, 0.25) is 0 Å². The van der Waals surface area contributed by atoms with Crippen molar-refractivity contribution in [3.8, 4) is 0 Å². The van der Waals surface area contributed by atoms with Crippen LogP contribution in [0.1, 0.15) is 20.3 Å². The Bertz CT molecular complexity index is 415. The molecule has 0 saturated heterocycles. The molecule has 1 unspecified atom stereocenters. The summed E-state index contributed by atoms with van der Waals surface area (Å²) in [4.78, 5) is 21.8. The monoisotopic (exact) mass is 234 g/mol. The molecule has 1 rings (SSSR count). The molecule has 1 aromatic carbocycles. The maximum Gasteiger partial charge on any atom is 0.315 e. The molecule has 0 radical (unpaired) electrons. The molecule has 0 N–H and O–H groups in total. The first kappa shape index (κ1) is 13.0. The molecule has 0 spiro atoms. The van der Waals surface area contributed by atoms with Crippen LogP contribution in [0.4, 0.5) is 5.69 Å². The average Bonchev–Trinajstić information content (AvgIpc) is 2.26. The first-order chi connectivity index (χ1) is 8.08. The van der Waals surface area contributed by atoms with E-state index in [9.17, 15) is 9.59 Å². The molecule has 0 amide bonds. The lowest BCUT2D eigenvalue weighted by molar-refractivity contribution is -0.149. The quantitative estimate of drug-likeness (QED) is 0.446. The Balaban J connectivity index is 2.44. The molecule has 0 heterocycles. The van der Waals surface area contributed by atoms with Gasteiger partial charge in [0.1, 0.15) is 12.2 Å². The number of hydrogen-bond acceptors (Lipinski definition) is 5. The Morgan fingerprint density at radius 3 is 2.53 bits per heavy atom. The molecule has 0 aromatic heterocycles. The van der Waals surface area contributed by atoms with Crippen LogP contribution in [0.15, 0.2) is 40.6 Å². The third-order valence-corrected chi connectivity index (χ3v) is 1.79. The lowest BCUT2D eigenvalue weighted by Crippen LogP contribution is -2.14. The van der Waals surface area contributed by atoms with Crippen molar-refractivity contribution >= 4 is 17.4 Å². The minimum atomic E-state index is -0.693. The van der Waals surface area contributed by atoms with Gasteiger partial charge >= 0.3 is 5.97 Å². The van der Waals surface area contributed by atoms with Crippen LogP contribution in [0.5, 0.6) is 0 Å². The van der Waals surface area contributed by atoms with E-state index in [-0.39, 0.29) is 12.2 Å². The highest BCUT2D eigenvalue weighted by Gasteiger charge is 2.10. The van der Waals surface area contributed by atoms with Crippen molar-refractivity contribution in [3.05, 3.63) is 30.3 Å². The lowest BCUT2D eigenvalue weighted by atomic mass is 10.3. The summed E-state index contributed by atoms with van der Waals surface area (Å²) in [5.74, 6) is -0.820. The summed E-state index contributed by atoms with van der Waals surface area (Å²) in [5, 5.41) is 7.71. The summed E-state index contributed by atoms with van der Waals surface area (Å²) in [6.45, 7) is 2.92. The summed E-state index contributed by atoms with van der Waals surface area (Å²) in [7, 11) is 0. The fourth-order valence-corrected chi connectivity index (χ4v) is 1.10. The van der Waals surface area contributed by atoms with E-state index in [0.717, 1.165) is 0 Å². The molecule has 0 aliphatic rings. The summed E-state index contributed by atoms with van der Waals surface area (Å²) < 4.78 is 4.86. The Morgan fingerprint density at radius 1 is 1.29 bits per heavy atom. The highest BCUT2D eigenvalue weighted by molar-refractivity contribution is 5.94. The number of carbonyl (C=O) groups is 2. The van der Waals surface area contributed by atoms with E-state index in [4.69, 9.17) is 4.74 Å². The van der Waals surface area contributed by atoms with Gasteiger partial charge in [-0.2, -0.15) is 5.11 Å². The van der Waals surface area contributed by atoms with E-state index >= 15 is 0 Å². The van der Waals surface area contributed by atoms with Crippen molar-refractivity contribution < 1.29 is 14.3 Å². The van der Waals surface area contributed by atoms with Gasteiger partial charge in [0.15, 0.2) is 0 Å². The Hall–Kier alpha value is -2.04. The van der Waals surface area contributed by atoms with Crippen LogP contribution < -0.4 is 0 Å². The number of Topliss-reactive ketones (excluding diaryl/α,β-unsaturated/α-hetero) is 1. The molecule has 0 aliphatic carbocycles. The van der Waals surface area contributed by atoms with Crippen molar-refractivity contribution in [2.24, 2.45) is 10.2 Å². The largest absolute Gasteiger partial charge is 0.438 e. The molecule has 17 heavy (non-hydrogen) atoms. The molecule has 0 bridgehead atoms. The van der Waals surface area contributed by atoms with Gasteiger partial charge in [0.25, 0.3) is 0 Å². The first-order valence-corrected chi connectivity index (χ1v) is 5.23. The molecule has 5 nitrogen and oxygen atoms in total. The standard InChI is InChI=1S/C12H14N2O3/c1-9(15)8-12(16)17-10(2)13-14-11-6-4-3-5-7-11/h3-7,10H,8H2,1-2H3. The summed E-state index contributed by atoms with van der Waals surface area (Å²) in [6.07, 6.45) is -0.923. The van der Waals surface area contributed by atoms with Crippen LogP contribution in [0.3, 0.4) is 0 Å². The van der Waals surface area contributed by atoms with Gasteiger partial charge in [0.05, 0.1) is 5.69 Å². The minimum Gasteiger partial charge on any atom is -0.438 e. The predicted octanol–water partition coefficient (Wildman–Crippen LogP) is 2.64. The highest BCUT2D eigenvalue weighted by Crippen LogP contribution is 2.11. The van der Waals surface area contributed by atoms with Gasteiger partial charge in [-0.1, -0.05) is 18.2 Å². The van der Waals surface area contributed by atoms with Crippen LogP contribution in [-0.4, -0.2) is 18.0 Å². The second-order valence-electron chi connectivity index (χ2n) is 3.52. The van der Waals surface area contributed by atoms with Crippen molar-refractivity contribution in [2.75, 3.05) is 0 Å². The third kappa shape index (κ3) is 5.55. The van der Waals surface area contributed by atoms with Gasteiger partial charge in [-0.15, -0.1) is 5.11 Å². The van der Waals surface area contributed by atoms with E-state index in [0.29, 0.717) is 5.69 Å². The van der Waals surface area contributed by atoms with Crippen LogP contribution in [-0.2, 0) is 14.3 Å². The number of hydrogen-bond donors (Lipinski definition) is 0. The molecule has 0 aliphatic heterocycles. The molecular weight excluding hydrogens is 220 g/mol. The highest BCUT2D eigenvalue weighted by atomic mass is 16.6. The normalized spacial score (nSPS) is 12.4. The van der Waals surface area contributed by atoms with Gasteiger partial charge in [-0.25, -0.2) is 0 Å². The summed E-state index contributed by atoms with van der Waals surface area (Å²) >= 11 is 0. The van der Waals surface area contributed by atoms with Gasteiger partial charge in [-0.3, -0.25) is 9.59 Å². The van der Waals surface area contributed by atoms with Crippen LogP contribution in [0, 0.1) is 0 Å². The number of carbonyl (C=O) groups excluding carboxylic acids is 2. The second-order valence-corrected chi connectivity index (χ2v) is 3.52. The topological polar surface area (TPSA) is 68.1 Å². The predicted molar refractivity (Wildman–Crippen MR) is 61.8 cm³/mol. The van der Waals surface area contributed by atoms with E-state index in [2.05, 4.69) is 10.2 Å². The molecule has 1 aromatic rings. The number of nitrogens with zero attached hydrogens (tertiary/aromatic N) is 2. The number of ketones is 1. The molecule has 0 fully saturated rings. The third-order valence-electron chi connectivity index (χ3n) is 1.79. The maximum absolute atomic E-state index is 11.1. The number of rotatable bonds is 5. The van der Waals surface area contributed by atoms with Crippen molar-refractivity contribution in [2.45, 2.75) is 26.5 Å². The summed E-state index contributed by atoms with van der Waals surface area (Å²) in [6, 6.07) is 9.11. The number of ether oxygens (including phenoxy) is 1. The Labute approximate surface area is 99.5 Å². The van der Waals surface area contributed by atoms with E-state index in [1.54, 1.807) is 19.1 Å². The molecule has 5 heteroatoms. The van der Waals surface area contributed by atoms with Gasteiger partial charge in [0.2, 0.25) is 6.23 Å². The molecule has 0 saturated carbocycles. The van der Waals surface area contributed by atoms with Gasteiger partial charge < -0.3 is 4.74 Å². The van der Waals surface area contributed by atoms with Gasteiger partial charge in [0, 0.05) is 0 Å². The minimum absolute atomic E-state index is 0.231. The Kier molecular flexibility index (Phi) is 5.00. The number of azo groups is 1. The van der Waals surface area contributed by atoms with E-state index in [1.807, 2.05) is 18.2 Å². The fourth-order valence-electron chi connectivity index (χ4n) is 1.10. The van der Waals surface area contributed by atoms with Crippen molar-refractivity contribution in [1.82, 2.24) is 0 Å². The van der Waals surface area contributed by atoms with Crippen molar-refractivity contribution in [1.29, 1.82) is 0 Å². The van der Waals surface area contributed by atoms with Crippen LogP contribution in [0.25, 0.3) is 0 Å². The van der Waals surface area contributed by atoms with Crippen LogP contribution >= 0.6 is 0 Å². The number of esters is 1. The Morgan fingerprint density at radius 2 is 1.94 bits per heavy atom. The zero-order chi connectivity index (χ0) is 12.7. The fraction of sp³-hybridized carbons (Fsp3) is 0.333. The SMILES string of the molecule is CC(=O)CC(=O)OC(C)N=Nc1ccccc1. The summed E-state index contributed by atoms with van der Waals surface area (Å²) in [5.41, 5.74) is 0.682.